The molecule has 2 aromatic rings. The highest BCUT2D eigenvalue weighted by Crippen LogP contribution is 2.37. The highest BCUT2D eigenvalue weighted by atomic mass is 79.9. The number of aromatic nitrogens is 1. The second-order valence-electron chi connectivity index (χ2n) is 4.88. The van der Waals surface area contributed by atoms with Crippen LogP contribution in [0.4, 0.5) is 0 Å². The molecule has 90 valence electrons. The summed E-state index contributed by atoms with van der Waals surface area (Å²) in [6.07, 6.45) is 2.51. The third-order valence-electron chi connectivity index (χ3n) is 3.79. The van der Waals surface area contributed by atoms with Gasteiger partial charge in [0, 0.05) is 28.6 Å². The summed E-state index contributed by atoms with van der Waals surface area (Å²) < 4.78 is 3.61. The van der Waals surface area contributed by atoms with Crippen LogP contribution >= 0.6 is 15.9 Å². The highest BCUT2D eigenvalue weighted by molar-refractivity contribution is 9.10. The van der Waals surface area contributed by atoms with E-state index in [1.807, 2.05) is 0 Å². The molecule has 3 heteroatoms. The van der Waals surface area contributed by atoms with Crippen LogP contribution in [-0.2, 0) is 7.05 Å². The van der Waals surface area contributed by atoms with E-state index in [1.54, 1.807) is 0 Å². The molecule has 1 aliphatic heterocycles. The molecule has 1 N–H and O–H groups in total. The number of nitrogens with one attached hydrogen (secondary N) is 1. The van der Waals surface area contributed by atoms with Gasteiger partial charge in [0.15, 0.2) is 0 Å². The molecule has 17 heavy (non-hydrogen) atoms. The minimum atomic E-state index is 0.501. The fourth-order valence-electron chi connectivity index (χ4n) is 2.99. The van der Waals surface area contributed by atoms with Crippen molar-refractivity contribution in [3.05, 3.63) is 33.9 Å². The average Bonchev–Trinajstić information content (AvgIpc) is 2.88. The third kappa shape index (κ3) is 1.64. The van der Waals surface area contributed by atoms with Gasteiger partial charge in [-0.05, 0) is 47.8 Å². The number of fused-ring (bicyclic) bond motifs is 1. The predicted octanol–water partition coefficient (Wildman–Crippen LogP) is 3.67. The van der Waals surface area contributed by atoms with Crippen LogP contribution < -0.4 is 5.32 Å². The zero-order valence-corrected chi connectivity index (χ0v) is 11.8. The third-order valence-corrected chi connectivity index (χ3v) is 4.62. The standard InChI is InChI=1S/C14H17BrN2/c1-9-5-3-6-10-12(15)14(17(2)13(9)10)11-7-4-8-16-11/h3,5-6,11,16H,4,7-8H2,1-2H3. The number of hydrogen-bond donors (Lipinski definition) is 1. The van der Waals surface area contributed by atoms with E-state index >= 15 is 0 Å². The first-order chi connectivity index (χ1) is 8.20. The van der Waals surface area contributed by atoms with Gasteiger partial charge in [0.05, 0.1) is 5.52 Å². The second kappa shape index (κ2) is 4.14. The first kappa shape index (κ1) is 11.3. The monoisotopic (exact) mass is 292 g/mol. The van der Waals surface area contributed by atoms with Crippen LogP contribution in [0.15, 0.2) is 22.7 Å². The summed E-state index contributed by atoms with van der Waals surface area (Å²) in [5.74, 6) is 0. The van der Waals surface area contributed by atoms with Crippen molar-refractivity contribution in [2.45, 2.75) is 25.8 Å². The molecule has 1 unspecified atom stereocenters. The van der Waals surface area contributed by atoms with Crippen molar-refractivity contribution in [1.82, 2.24) is 9.88 Å². The van der Waals surface area contributed by atoms with Crippen LogP contribution in [0.5, 0.6) is 0 Å². The van der Waals surface area contributed by atoms with Crippen molar-refractivity contribution in [2.75, 3.05) is 6.54 Å². The molecular formula is C14H17BrN2. The Labute approximate surface area is 110 Å². The zero-order chi connectivity index (χ0) is 12.0. The molecule has 1 aromatic carbocycles. The lowest BCUT2D eigenvalue weighted by atomic mass is 10.1. The topological polar surface area (TPSA) is 17.0 Å². The van der Waals surface area contributed by atoms with E-state index in [1.165, 1.54) is 39.5 Å². The molecule has 0 amide bonds. The summed E-state index contributed by atoms with van der Waals surface area (Å²) in [4.78, 5) is 0. The van der Waals surface area contributed by atoms with Gasteiger partial charge in [-0.3, -0.25) is 0 Å². The molecule has 1 fully saturated rings. The number of hydrogen-bond acceptors (Lipinski definition) is 1. The lowest BCUT2D eigenvalue weighted by molar-refractivity contribution is 0.601. The van der Waals surface area contributed by atoms with Crippen LogP contribution in [0.25, 0.3) is 10.9 Å². The maximum Gasteiger partial charge on any atom is 0.0521 e. The summed E-state index contributed by atoms with van der Waals surface area (Å²) >= 11 is 3.79. The number of para-hydroxylation sites is 1. The summed E-state index contributed by atoms with van der Waals surface area (Å²) in [6.45, 7) is 3.32. The lowest BCUT2D eigenvalue weighted by Crippen LogP contribution is -2.16. The molecule has 1 atom stereocenters. The molecule has 1 aliphatic rings. The Morgan fingerprint density at radius 2 is 2.24 bits per heavy atom. The van der Waals surface area contributed by atoms with E-state index in [0.29, 0.717) is 6.04 Å². The van der Waals surface area contributed by atoms with Gasteiger partial charge in [-0.15, -0.1) is 0 Å². The molecule has 2 nitrogen and oxygen atoms in total. The molecule has 0 saturated carbocycles. The fourth-order valence-corrected chi connectivity index (χ4v) is 3.85. The maximum absolute atomic E-state index is 3.79. The molecule has 0 aliphatic carbocycles. The Kier molecular flexibility index (Phi) is 2.75. The zero-order valence-electron chi connectivity index (χ0n) is 10.3. The van der Waals surface area contributed by atoms with E-state index in [4.69, 9.17) is 0 Å². The number of benzene rings is 1. The van der Waals surface area contributed by atoms with Crippen LogP contribution in [0.2, 0.25) is 0 Å². The van der Waals surface area contributed by atoms with E-state index in [2.05, 4.69) is 58.0 Å². The van der Waals surface area contributed by atoms with E-state index in [-0.39, 0.29) is 0 Å². The Morgan fingerprint density at radius 3 is 2.88 bits per heavy atom. The molecule has 0 spiro atoms. The van der Waals surface area contributed by atoms with Gasteiger partial charge in [-0.1, -0.05) is 18.2 Å². The number of aryl methyl sites for hydroxylation is 2. The van der Waals surface area contributed by atoms with Crippen molar-refractivity contribution < 1.29 is 0 Å². The van der Waals surface area contributed by atoms with Gasteiger partial charge in [-0.25, -0.2) is 0 Å². The van der Waals surface area contributed by atoms with Crippen LogP contribution in [0, 0.1) is 6.92 Å². The quantitative estimate of drug-likeness (QED) is 0.849. The van der Waals surface area contributed by atoms with E-state index in [9.17, 15) is 0 Å². The van der Waals surface area contributed by atoms with Crippen LogP contribution in [0.3, 0.4) is 0 Å². The molecule has 1 saturated heterocycles. The van der Waals surface area contributed by atoms with Gasteiger partial charge in [0.25, 0.3) is 0 Å². The summed E-state index contributed by atoms with van der Waals surface area (Å²) in [5, 5.41) is 4.91. The number of nitrogens with zero attached hydrogens (tertiary/aromatic N) is 1. The van der Waals surface area contributed by atoms with Crippen molar-refractivity contribution in [3.63, 3.8) is 0 Å². The first-order valence-corrected chi connectivity index (χ1v) is 6.96. The molecule has 0 bridgehead atoms. The van der Waals surface area contributed by atoms with E-state index < -0.39 is 0 Å². The van der Waals surface area contributed by atoms with Crippen molar-refractivity contribution in [1.29, 1.82) is 0 Å². The summed E-state index contributed by atoms with van der Waals surface area (Å²) in [7, 11) is 2.18. The summed E-state index contributed by atoms with van der Waals surface area (Å²) in [6, 6.07) is 7.01. The van der Waals surface area contributed by atoms with Gasteiger partial charge in [0.2, 0.25) is 0 Å². The Hall–Kier alpha value is -0.800. The summed E-state index contributed by atoms with van der Waals surface area (Å²) in [5.41, 5.74) is 4.09. The Morgan fingerprint density at radius 1 is 1.41 bits per heavy atom. The molecule has 3 rings (SSSR count). The van der Waals surface area contributed by atoms with E-state index in [0.717, 1.165) is 6.54 Å². The average molecular weight is 293 g/mol. The van der Waals surface area contributed by atoms with Gasteiger partial charge < -0.3 is 9.88 Å². The fraction of sp³-hybridized carbons (Fsp3) is 0.429. The van der Waals surface area contributed by atoms with Crippen molar-refractivity contribution in [2.24, 2.45) is 7.05 Å². The van der Waals surface area contributed by atoms with Crippen LogP contribution in [0.1, 0.15) is 30.1 Å². The highest BCUT2D eigenvalue weighted by Gasteiger charge is 2.24. The van der Waals surface area contributed by atoms with Gasteiger partial charge in [0.1, 0.15) is 0 Å². The Balaban J connectivity index is 2.28. The van der Waals surface area contributed by atoms with Crippen molar-refractivity contribution in [3.8, 4) is 0 Å². The first-order valence-electron chi connectivity index (χ1n) is 6.17. The normalized spacial score (nSPS) is 20.3. The van der Waals surface area contributed by atoms with Crippen LogP contribution in [-0.4, -0.2) is 11.1 Å². The smallest absolute Gasteiger partial charge is 0.0521 e. The Bertz CT molecular complexity index is 565. The second-order valence-corrected chi connectivity index (χ2v) is 5.67. The number of rotatable bonds is 1. The largest absolute Gasteiger partial charge is 0.345 e. The van der Waals surface area contributed by atoms with Gasteiger partial charge in [-0.2, -0.15) is 0 Å². The maximum atomic E-state index is 3.79. The van der Waals surface area contributed by atoms with Gasteiger partial charge >= 0.3 is 0 Å². The SMILES string of the molecule is Cc1cccc2c(Br)c(C3CCCN3)n(C)c12. The minimum Gasteiger partial charge on any atom is -0.345 e. The predicted molar refractivity (Wildman–Crippen MR) is 75.3 cm³/mol. The molecule has 2 heterocycles. The minimum absolute atomic E-state index is 0.501. The van der Waals surface area contributed by atoms with Crippen molar-refractivity contribution >= 4 is 26.8 Å². The molecule has 1 aromatic heterocycles. The molecular weight excluding hydrogens is 276 g/mol. The lowest BCUT2D eigenvalue weighted by Gasteiger charge is -2.13. The molecule has 0 radical (unpaired) electrons. The number of halogens is 1.